The van der Waals surface area contributed by atoms with E-state index in [1.54, 1.807) is 30.3 Å². The van der Waals surface area contributed by atoms with Gasteiger partial charge in [0.25, 0.3) is 5.91 Å². The van der Waals surface area contributed by atoms with Crippen LogP contribution in [-0.4, -0.2) is 18.4 Å². The molecule has 1 heterocycles. The molecule has 0 fully saturated rings. The van der Waals surface area contributed by atoms with Gasteiger partial charge in [0.2, 0.25) is 5.91 Å². The van der Waals surface area contributed by atoms with Crippen molar-refractivity contribution in [2.45, 2.75) is 6.92 Å². The van der Waals surface area contributed by atoms with E-state index in [0.29, 0.717) is 11.4 Å². The van der Waals surface area contributed by atoms with Crippen LogP contribution in [0.5, 0.6) is 0 Å². The predicted octanol–water partition coefficient (Wildman–Crippen LogP) is 1.74. The highest BCUT2D eigenvalue weighted by molar-refractivity contribution is 6.03. The molecule has 6 heteroatoms. The summed E-state index contributed by atoms with van der Waals surface area (Å²) in [6, 6.07) is 8.42. The second-order valence-electron chi connectivity index (χ2n) is 4.21. The molecule has 0 unspecified atom stereocenters. The van der Waals surface area contributed by atoms with E-state index in [4.69, 9.17) is 10.2 Å². The monoisotopic (exact) mass is 273 g/mol. The Morgan fingerprint density at radius 3 is 2.70 bits per heavy atom. The molecule has 1 aromatic carbocycles. The molecule has 0 spiro atoms. The van der Waals surface area contributed by atoms with Gasteiger partial charge in [-0.05, 0) is 36.8 Å². The van der Waals surface area contributed by atoms with Gasteiger partial charge in [0, 0.05) is 11.4 Å². The van der Waals surface area contributed by atoms with Crippen LogP contribution in [0.2, 0.25) is 0 Å². The summed E-state index contributed by atoms with van der Waals surface area (Å²) < 4.78 is 5.01. The first-order chi connectivity index (χ1) is 9.60. The van der Waals surface area contributed by atoms with Crippen molar-refractivity contribution < 1.29 is 14.0 Å². The molecular weight excluding hydrogens is 258 g/mol. The third-order valence-corrected chi connectivity index (χ3v) is 2.70. The highest BCUT2D eigenvalue weighted by atomic mass is 16.3. The lowest BCUT2D eigenvalue weighted by atomic mass is 10.1. The molecule has 0 saturated carbocycles. The van der Waals surface area contributed by atoms with Gasteiger partial charge >= 0.3 is 0 Å². The zero-order valence-electron chi connectivity index (χ0n) is 11.0. The van der Waals surface area contributed by atoms with Crippen molar-refractivity contribution in [2.75, 3.05) is 17.2 Å². The van der Waals surface area contributed by atoms with Gasteiger partial charge in [-0.3, -0.25) is 9.59 Å². The molecule has 2 aromatic rings. The highest BCUT2D eigenvalue weighted by Crippen LogP contribution is 2.20. The number of nitrogens with one attached hydrogen (secondary N) is 2. The van der Waals surface area contributed by atoms with Crippen molar-refractivity contribution in [3.8, 4) is 0 Å². The Morgan fingerprint density at radius 1 is 1.25 bits per heavy atom. The molecule has 0 aliphatic heterocycles. The van der Waals surface area contributed by atoms with Gasteiger partial charge in [-0.2, -0.15) is 0 Å². The average molecular weight is 273 g/mol. The van der Waals surface area contributed by atoms with E-state index in [2.05, 4.69) is 10.6 Å². The van der Waals surface area contributed by atoms with Crippen molar-refractivity contribution in [1.29, 1.82) is 0 Å². The smallest absolute Gasteiger partial charge is 0.291 e. The second kappa shape index (κ2) is 6.03. The number of amides is 2. The van der Waals surface area contributed by atoms with Crippen LogP contribution in [0.25, 0.3) is 0 Å². The van der Waals surface area contributed by atoms with Crippen molar-refractivity contribution in [3.05, 3.63) is 47.9 Å². The summed E-state index contributed by atoms with van der Waals surface area (Å²) in [7, 11) is 0. The Hall–Kier alpha value is -2.60. The SMILES string of the molecule is Cc1ccc(NC(=O)c2ccco2)cc1NC(=O)CN. The molecule has 0 saturated heterocycles. The predicted molar refractivity (Wildman–Crippen MR) is 75.5 cm³/mol. The summed E-state index contributed by atoms with van der Waals surface area (Å²) in [5.41, 5.74) is 7.30. The lowest BCUT2D eigenvalue weighted by Gasteiger charge is -2.10. The minimum atomic E-state index is -0.352. The number of rotatable bonds is 4. The fourth-order valence-electron chi connectivity index (χ4n) is 1.64. The van der Waals surface area contributed by atoms with Gasteiger partial charge in [-0.15, -0.1) is 0 Å². The molecule has 2 amide bonds. The van der Waals surface area contributed by atoms with E-state index >= 15 is 0 Å². The topological polar surface area (TPSA) is 97.4 Å². The van der Waals surface area contributed by atoms with E-state index < -0.39 is 0 Å². The summed E-state index contributed by atoms with van der Waals surface area (Å²) >= 11 is 0. The summed E-state index contributed by atoms with van der Waals surface area (Å²) in [6.07, 6.45) is 1.43. The first kappa shape index (κ1) is 13.8. The van der Waals surface area contributed by atoms with Gasteiger partial charge in [-0.25, -0.2) is 0 Å². The van der Waals surface area contributed by atoms with Crippen LogP contribution in [0.15, 0.2) is 41.0 Å². The Morgan fingerprint density at radius 2 is 2.05 bits per heavy atom. The average Bonchev–Trinajstić information content (AvgIpc) is 2.96. The van der Waals surface area contributed by atoms with E-state index in [9.17, 15) is 9.59 Å². The molecule has 0 aliphatic rings. The molecular formula is C14H15N3O3. The van der Waals surface area contributed by atoms with Gasteiger partial charge in [-0.1, -0.05) is 6.07 Å². The standard InChI is InChI=1S/C14H15N3O3/c1-9-4-5-10(7-11(9)17-13(18)8-15)16-14(19)12-3-2-6-20-12/h2-7H,8,15H2,1H3,(H,16,19)(H,17,18). The van der Waals surface area contributed by atoms with Crippen LogP contribution in [0.4, 0.5) is 11.4 Å². The van der Waals surface area contributed by atoms with Crippen LogP contribution in [0.3, 0.4) is 0 Å². The first-order valence-electron chi connectivity index (χ1n) is 6.05. The molecule has 4 N–H and O–H groups in total. The van der Waals surface area contributed by atoms with Crippen LogP contribution in [-0.2, 0) is 4.79 Å². The number of anilines is 2. The Bertz CT molecular complexity index is 621. The number of furan rings is 1. The quantitative estimate of drug-likeness (QED) is 0.790. The number of nitrogens with two attached hydrogens (primary N) is 1. The molecule has 20 heavy (non-hydrogen) atoms. The maximum atomic E-state index is 11.8. The van der Waals surface area contributed by atoms with Crippen LogP contribution >= 0.6 is 0 Å². The maximum absolute atomic E-state index is 11.8. The minimum absolute atomic E-state index is 0.0948. The summed E-state index contributed by atoms with van der Waals surface area (Å²) in [6.45, 7) is 1.76. The lowest BCUT2D eigenvalue weighted by Crippen LogP contribution is -2.22. The summed E-state index contributed by atoms with van der Waals surface area (Å²) in [4.78, 5) is 23.2. The number of carbonyl (C=O) groups excluding carboxylic acids is 2. The van der Waals surface area contributed by atoms with Gasteiger partial charge in [0.15, 0.2) is 5.76 Å². The van der Waals surface area contributed by atoms with Gasteiger partial charge in [0.1, 0.15) is 0 Å². The van der Waals surface area contributed by atoms with Crippen LogP contribution in [0, 0.1) is 6.92 Å². The van der Waals surface area contributed by atoms with Crippen molar-refractivity contribution >= 4 is 23.2 Å². The van der Waals surface area contributed by atoms with Crippen LogP contribution < -0.4 is 16.4 Å². The summed E-state index contributed by atoms with van der Waals surface area (Å²) in [5.74, 6) is -0.421. The van der Waals surface area contributed by atoms with E-state index in [0.717, 1.165) is 5.56 Å². The molecule has 6 nitrogen and oxygen atoms in total. The first-order valence-corrected chi connectivity index (χ1v) is 6.05. The summed E-state index contributed by atoms with van der Waals surface area (Å²) in [5, 5.41) is 5.36. The number of hydrogen-bond donors (Lipinski definition) is 3. The number of aryl methyl sites for hydroxylation is 1. The Balaban J connectivity index is 2.15. The molecule has 104 valence electrons. The Kier molecular flexibility index (Phi) is 4.17. The largest absolute Gasteiger partial charge is 0.459 e. The maximum Gasteiger partial charge on any atom is 0.291 e. The van der Waals surface area contributed by atoms with Crippen molar-refractivity contribution in [1.82, 2.24) is 0 Å². The molecule has 1 aromatic heterocycles. The third kappa shape index (κ3) is 3.24. The molecule has 0 atom stereocenters. The fourth-order valence-corrected chi connectivity index (χ4v) is 1.64. The van der Waals surface area contributed by atoms with E-state index in [1.165, 1.54) is 6.26 Å². The normalized spacial score (nSPS) is 10.1. The van der Waals surface area contributed by atoms with Crippen molar-refractivity contribution in [3.63, 3.8) is 0 Å². The van der Waals surface area contributed by atoms with Gasteiger partial charge < -0.3 is 20.8 Å². The molecule has 0 bridgehead atoms. The fraction of sp³-hybridized carbons (Fsp3) is 0.143. The van der Waals surface area contributed by atoms with Gasteiger partial charge in [0.05, 0.1) is 12.8 Å². The minimum Gasteiger partial charge on any atom is -0.459 e. The molecule has 0 radical (unpaired) electrons. The third-order valence-electron chi connectivity index (χ3n) is 2.70. The van der Waals surface area contributed by atoms with Crippen molar-refractivity contribution in [2.24, 2.45) is 5.73 Å². The number of benzene rings is 1. The highest BCUT2D eigenvalue weighted by Gasteiger charge is 2.10. The molecule has 2 rings (SSSR count). The number of hydrogen-bond acceptors (Lipinski definition) is 4. The Labute approximate surface area is 116 Å². The van der Waals surface area contributed by atoms with E-state index in [1.807, 2.05) is 6.92 Å². The zero-order valence-corrected chi connectivity index (χ0v) is 11.0. The van der Waals surface area contributed by atoms with E-state index in [-0.39, 0.29) is 24.1 Å². The second-order valence-corrected chi connectivity index (χ2v) is 4.21. The lowest BCUT2D eigenvalue weighted by molar-refractivity contribution is -0.114. The van der Waals surface area contributed by atoms with Crippen LogP contribution in [0.1, 0.15) is 16.1 Å². The zero-order chi connectivity index (χ0) is 14.5. The number of carbonyl (C=O) groups is 2. The molecule has 0 aliphatic carbocycles.